The van der Waals surface area contributed by atoms with Crippen molar-refractivity contribution in [2.24, 2.45) is 0 Å². The number of aromatic amines is 1. The standard InChI is InChI=1S/C24H17F3N4O2/c1-13-23(21(32)11-20-15-10-14(25)7-8-19(15)29-30-20)31-9-3-6-22(24(31)28-13)33-12-16-17(26)4-2-5-18(16)27/h2-10H,11-12H2,1H3,(H,29,30). The number of Topliss-reactive ketones (excluding diaryl/α,β-unsaturated/α-hetero) is 1. The van der Waals surface area contributed by atoms with Gasteiger partial charge < -0.3 is 4.74 Å². The molecule has 33 heavy (non-hydrogen) atoms. The van der Waals surface area contributed by atoms with Crippen LogP contribution in [0.3, 0.4) is 0 Å². The van der Waals surface area contributed by atoms with E-state index in [1.165, 1.54) is 24.3 Å². The second kappa shape index (κ2) is 8.09. The number of rotatable bonds is 6. The van der Waals surface area contributed by atoms with Crippen molar-refractivity contribution in [3.63, 3.8) is 0 Å². The summed E-state index contributed by atoms with van der Waals surface area (Å²) in [5, 5.41) is 7.44. The molecule has 5 rings (SSSR count). The van der Waals surface area contributed by atoms with Crippen molar-refractivity contribution in [1.29, 1.82) is 0 Å². The van der Waals surface area contributed by atoms with Crippen LogP contribution in [0.5, 0.6) is 5.75 Å². The molecule has 0 radical (unpaired) electrons. The van der Waals surface area contributed by atoms with Gasteiger partial charge in [-0.3, -0.25) is 14.3 Å². The number of aryl methyl sites for hydroxylation is 1. The van der Waals surface area contributed by atoms with Crippen molar-refractivity contribution < 1.29 is 22.7 Å². The number of nitrogens with one attached hydrogen (secondary N) is 1. The first-order chi connectivity index (χ1) is 15.9. The number of carbonyl (C=O) groups is 1. The summed E-state index contributed by atoms with van der Waals surface area (Å²) in [6.07, 6.45) is 1.62. The fourth-order valence-electron chi connectivity index (χ4n) is 3.84. The van der Waals surface area contributed by atoms with Gasteiger partial charge in [-0.25, -0.2) is 18.2 Å². The third-order valence-corrected chi connectivity index (χ3v) is 5.42. The van der Waals surface area contributed by atoms with Crippen LogP contribution in [0, 0.1) is 24.4 Å². The molecule has 0 saturated heterocycles. The minimum atomic E-state index is -0.708. The summed E-state index contributed by atoms with van der Waals surface area (Å²) in [4.78, 5) is 17.6. The number of imidazole rings is 1. The molecule has 0 bridgehead atoms. The SMILES string of the molecule is Cc1nc2c(OCc3c(F)cccc3F)cccn2c1C(=O)Cc1[nH]nc2ccc(F)cc12. The predicted octanol–water partition coefficient (Wildman–Crippen LogP) is 4.94. The van der Waals surface area contributed by atoms with E-state index >= 15 is 0 Å². The van der Waals surface area contributed by atoms with Gasteiger partial charge in [0.15, 0.2) is 17.2 Å². The van der Waals surface area contributed by atoms with E-state index < -0.39 is 17.5 Å². The zero-order chi connectivity index (χ0) is 23.1. The van der Waals surface area contributed by atoms with E-state index in [4.69, 9.17) is 4.74 Å². The number of pyridine rings is 1. The third-order valence-electron chi connectivity index (χ3n) is 5.42. The van der Waals surface area contributed by atoms with Gasteiger partial charge in [-0.2, -0.15) is 5.10 Å². The first kappa shape index (κ1) is 20.7. The van der Waals surface area contributed by atoms with Crippen LogP contribution in [0.4, 0.5) is 13.2 Å². The number of aromatic nitrogens is 4. The highest BCUT2D eigenvalue weighted by Gasteiger charge is 2.21. The van der Waals surface area contributed by atoms with Crippen LogP contribution in [0.1, 0.15) is 27.4 Å². The highest BCUT2D eigenvalue weighted by atomic mass is 19.1. The van der Waals surface area contributed by atoms with Crippen molar-refractivity contribution in [3.8, 4) is 5.75 Å². The molecule has 1 N–H and O–H groups in total. The summed E-state index contributed by atoms with van der Waals surface area (Å²) < 4.78 is 48.8. The van der Waals surface area contributed by atoms with Gasteiger partial charge in [-0.15, -0.1) is 0 Å². The Kier molecular flexibility index (Phi) is 5.08. The van der Waals surface area contributed by atoms with Crippen LogP contribution < -0.4 is 4.74 Å². The Hall–Kier alpha value is -4.14. The molecule has 9 heteroatoms. The number of benzene rings is 2. The molecule has 0 fully saturated rings. The maximum Gasteiger partial charge on any atom is 0.187 e. The number of fused-ring (bicyclic) bond motifs is 2. The Morgan fingerprint density at radius 1 is 1.09 bits per heavy atom. The molecular formula is C24H17F3N4O2. The number of hydrogen-bond acceptors (Lipinski definition) is 4. The van der Waals surface area contributed by atoms with Gasteiger partial charge in [0, 0.05) is 11.6 Å². The van der Waals surface area contributed by atoms with Gasteiger partial charge in [0.2, 0.25) is 0 Å². The average molecular weight is 450 g/mol. The Bertz CT molecular complexity index is 1500. The van der Waals surface area contributed by atoms with Crippen molar-refractivity contribution in [3.05, 3.63) is 94.8 Å². The summed E-state index contributed by atoms with van der Waals surface area (Å²) in [5.74, 6) is -1.82. The summed E-state index contributed by atoms with van der Waals surface area (Å²) in [6.45, 7) is 1.35. The molecule has 0 aliphatic heterocycles. The van der Waals surface area contributed by atoms with Gasteiger partial charge in [0.25, 0.3) is 0 Å². The molecule has 0 aliphatic carbocycles. The molecule has 166 valence electrons. The molecular weight excluding hydrogens is 433 g/mol. The zero-order valence-corrected chi connectivity index (χ0v) is 17.4. The second-order valence-corrected chi connectivity index (χ2v) is 7.56. The molecule has 0 atom stereocenters. The normalized spacial score (nSPS) is 11.4. The van der Waals surface area contributed by atoms with Crippen LogP contribution in [0.25, 0.3) is 16.6 Å². The summed E-state index contributed by atoms with van der Waals surface area (Å²) in [6, 6.07) is 11.0. The van der Waals surface area contributed by atoms with E-state index in [9.17, 15) is 18.0 Å². The molecule has 6 nitrogen and oxygen atoms in total. The molecule has 5 aromatic rings. The summed E-state index contributed by atoms with van der Waals surface area (Å²) >= 11 is 0. The van der Waals surface area contributed by atoms with Crippen molar-refractivity contribution in [2.45, 2.75) is 20.0 Å². The van der Waals surface area contributed by atoms with Crippen LogP contribution in [0.15, 0.2) is 54.7 Å². The largest absolute Gasteiger partial charge is 0.485 e. The van der Waals surface area contributed by atoms with E-state index in [1.54, 1.807) is 29.7 Å². The molecule has 0 unspecified atom stereocenters. The third kappa shape index (κ3) is 3.71. The molecule has 0 saturated carbocycles. The van der Waals surface area contributed by atoms with Gasteiger partial charge >= 0.3 is 0 Å². The monoisotopic (exact) mass is 450 g/mol. The Morgan fingerprint density at radius 3 is 2.67 bits per heavy atom. The lowest BCUT2D eigenvalue weighted by Gasteiger charge is -2.09. The van der Waals surface area contributed by atoms with Crippen LogP contribution in [-0.4, -0.2) is 25.4 Å². The van der Waals surface area contributed by atoms with E-state index in [2.05, 4.69) is 15.2 Å². The fourth-order valence-corrected chi connectivity index (χ4v) is 3.84. The lowest BCUT2D eigenvalue weighted by Crippen LogP contribution is -2.09. The molecule has 0 spiro atoms. The van der Waals surface area contributed by atoms with Crippen LogP contribution in [-0.2, 0) is 13.0 Å². The number of halogens is 3. The molecule has 3 heterocycles. The Labute approximate surface area is 185 Å². The van der Waals surface area contributed by atoms with Gasteiger partial charge in [-0.1, -0.05) is 6.07 Å². The van der Waals surface area contributed by atoms with Crippen LogP contribution in [0.2, 0.25) is 0 Å². The second-order valence-electron chi connectivity index (χ2n) is 7.56. The van der Waals surface area contributed by atoms with Crippen molar-refractivity contribution in [2.75, 3.05) is 0 Å². The van der Waals surface area contributed by atoms with E-state index in [-0.39, 0.29) is 30.1 Å². The number of H-pyrrole nitrogens is 1. The maximum atomic E-state index is 13.9. The van der Waals surface area contributed by atoms with Gasteiger partial charge in [0.05, 0.1) is 28.9 Å². The Balaban J connectivity index is 1.46. The van der Waals surface area contributed by atoms with E-state index in [1.807, 2.05) is 0 Å². The molecule has 0 aliphatic rings. The highest BCUT2D eigenvalue weighted by Crippen LogP contribution is 2.26. The highest BCUT2D eigenvalue weighted by molar-refractivity contribution is 5.99. The molecule has 0 amide bonds. The number of carbonyl (C=O) groups excluding carboxylic acids is 1. The summed E-state index contributed by atoms with van der Waals surface area (Å²) in [7, 11) is 0. The lowest BCUT2D eigenvalue weighted by molar-refractivity contribution is 0.0986. The first-order valence-electron chi connectivity index (χ1n) is 10.1. The van der Waals surface area contributed by atoms with Crippen LogP contribution >= 0.6 is 0 Å². The van der Waals surface area contributed by atoms with Crippen molar-refractivity contribution in [1.82, 2.24) is 19.6 Å². The van der Waals surface area contributed by atoms with E-state index in [0.29, 0.717) is 33.6 Å². The topological polar surface area (TPSA) is 72.3 Å². The average Bonchev–Trinajstić information content (AvgIpc) is 3.33. The zero-order valence-electron chi connectivity index (χ0n) is 17.4. The number of hydrogen-bond donors (Lipinski definition) is 1. The number of ether oxygens (including phenoxy) is 1. The minimum absolute atomic E-state index is 0.0416. The quantitative estimate of drug-likeness (QED) is 0.372. The first-order valence-corrected chi connectivity index (χ1v) is 10.1. The van der Waals surface area contributed by atoms with E-state index in [0.717, 1.165) is 12.1 Å². The number of nitrogens with zero attached hydrogens (tertiary/aromatic N) is 3. The predicted molar refractivity (Wildman–Crippen MR) is 115 cm³/mol. The smallest absolute Gasteiger partial charge is 0.187 e. The molecule has 2 aromatic carbocycles. The molecule has 3 aromatic heterocycles. The maximum absolute atomic E-state index is 13.9. The lowest BCUT2D eigenvalue weighted by atomic mass is 10.1. The van der Waals surface area contributed by atoms with Gasteiger partial charge in [0.1, 0.15) is 29.8 Å². The Morgan fingerprint density at radius 2 is 1.88 bits per heavy atom. The number of ketones is 1. The fraction of sp³-hybridized carbons (Fsp3) is 0.125. The summed E-state index contributed by atoms with van der Waals surface area (Å²) in [5.41, 5.74) is 1.99. The van der Waals surface area contributed by atoms with Crippen molar-refractivity contribution >= 4 is 22.3 Å². The van der Waals surface area contributed by atoms with Gasteiger partial charge in [-0.05, 0) is 49.4 Å². The minimum Gasteiger partial charge on any atom is -0.485 e.